The van der Waals surface area contributed by atoms with Gasteiger partial charge >= 0.3 is 12.1 Å². The number of carbonyl (C=O) groups excluding carboxylic acids is 2. The van der Waals surface area contributed by atoms with Crippen LogP contribution in [0.15, 0.2) is 48.5 Å². The van der Waals surface area contributed by atoms with Crippen molar-refractivity contribution in [2.75, 3.05) is 13.2 Å². The number of hydrogen-bond acceptors (Lipinski definition) is 4. The third-order valence-electron chi connectivity index (χ3n) is 5.68. The van der Waals surface area contributed by atoms with Gasteiger partial charge in [0.25, 0.3) is 0 Å². The number of ether oxygens (including phenoxy) is 1. The van der Waals surface area contributed by atoms with Crippen molar-refractivity contribution in [1.82, 2.24) is 10.6 Å². The highest BCUT2D eigenvalue weighted by Crippen LogP contribution is 2.44. The van der Waals surface area contributed by atoms with Gasteiger partial charge in [0.15, 0.2) is 0 Å². The third-order valence-corrected chi connectivity index (χ3v) is 5.68. The molecule has 0 bridgehead atoms. The van der Waals surface area contributed by atoms with Gasteiger partial charge in [-0.25, -0.2) is 4.79 Å². The molecule has 2 amide bonds. The van der Waals surface area contributed by atoms with Crippen molar-refractivity contribution in [3.05, 3.63) is 59.7 Å². The molecule has 0 saturated heterocycles. The van der Waals surface area contributed by atoms with Crippen molar-refractivity contribution >= 4 is 18.0 Å². The Bertz CT molecular complexity index is 929. The Morgan fingerprint density at radius 1 is 0.969 bits per heavy atom. The Labute approximate surface area is 188 Å². The van der Waals surface area contributed by atoms with Crippen LogP contribution in [-0.4, -0.2) is 42.3 Å². The summed E-state index contributed by atoms with van der Waals surface area (Å²) in [5, 5.41) is 14.2. The summed E-state index contributed by atoms with van der Waals surface area (Å²) in [5.74, 6) is -1.06. The van der Waals surface area contributed by atoms with Gasteiger partial charge in [0.1, 0.15) is 6.61 Å². The Kier molecular flexibility index (Phi) is 7.87. The van der Waals surface area contributed by atoms with E-state index in [0.29, 0.717) is 13.0 Å². The van der Waals surface area contributed by atoms with Crippen molar-refractivity contribution < 1.29 is 24.2 Å². The summed E-state index contributed by atoms with van der Waals surface area (Å²) in [6, 6.07) is 15.9. The highest BCUT2D eigenvalue weighted by molar-refractivity contribution is 5.79. The molecule has 2 aromatic rings. The standard InChI is InChI=1S/C25H30N2O5/c1-16(13-24(29)30)11-12-26-23(28)14-17(2)27-25(31)32-15-22-20-9-5-3-7-18(20)19-8-4-6-10-21(19)22/h3-10,16-17,22H,11-15H2,1-2H3,(H,26,28)(H,27,31)(H,29,30). The van der Waals surface area contributed by atoms with Crippen LogP contribution in [0.5, 0.6) is 0 Å². The number of benzene rings is 2. The molecule has 0 radical (unpaired) electrons. The number of aliphatic carboxylic acids is 1. The van der Waals surface area contributed by atoms with Crippen LogP contribution >= 0.6 is 0 Å². The van der Waals surface area contributed by atoms with E-state index in [9.17, 15) is 14.4 Å². The minimum atomic E-state index is -0.843. The molecule has 170 valence electrons. The lowest BCUT2D eigenvalue weighted by Gasteiger charge is -2.17. The summed E-state index contributed by atoms with van der Waals surface area (Å²) in [7, 11) is 0. The van der Waals surface area contributed by atoms with Gasteiger partial charge in [0, 0.05) is 31.3 Å². The first-order valence-electron chi connectivity index (χ1n) is 10.9. The van der Waals surface area contributed by atoms with Crippen LogP contribution in [0.2, 0.25) is 0 Å². The number of fused-ring (bicyclic) bond motifs is 3. The molecular weight excluding hydrogens is 408 g/mol. The fourth-order valence-electron chi connectivity index (χ4n) is 4.10. The van der Waals surface area contributed by atoms with Gasteiger partial charge in [0.05, 0.1) is 0 Å². The van der Waals surface area contributed by atoms with Crippen molar-refractivity contribution in [3.63, 3.8) is 0 Å². The van der Waals surface area contributed by atoms with Crippen LogP contribution in [0.1, 0.15) is 50.2 Å². The summed E-state index contributed by atoms with van der Waals surface area (Å²) in [4.78, 5) is 35.0. The molecular formula is C25H30N2O5. The predicted molar refractivity (Wildman–Crippen MR) is 121 cm³/mol. The summed E-state index contributed by atoms with van der Waals surface area (Å²) in [5.41, 5.74) is 4.62. The molecule has 0 aliphatic heterocycles. The van der Waals surface area contributed by atoms with Gasteiger partial charge in [-0.15, -0.1) is 0 Å². The van der Waals surface area contributed by atoms with E-state index in [1.165, 1.54) is 11.1 Å². The van der Waals surface area contributed by atoms with Gasteiger partial charge < -0.3 is 20.5 Å². The van der Waals surface area contributed by atoms with Crippen LogP contribution < -0.4 is 10.6 Å². The van der Waals surface area contributed by atoms with Gasteiger partial charge in [-0.1, -0.05) is 55.5 Å². The Morgan fingerprint density at radius 2 is 1.56 bits per heavy atom. The minimum Gasteiger partial charge on any atom is -0.481 e. The van der Waals surface area contributed by atoms with Crippen molar-refractivity contribution in [1.29, 1.82) is 0 Å². The average molecular weight is 439 g/mol. The number of rotatable bonds is 10. The number of alkyl carbamates (subject to hydrolysis) is 1. The summed E-state index contributed by atoms with van der Waals surface area (Å²) >= 11 is 0. The zero-order valence-corrected chi connectivity index (χ0v) is 18.5. The summed E-state index contributed by atoms with van der Waals surface area (Å²) < 4.78 is 5.50. The highest BCUT2D eigenvalue weighted by atomic mass is 16.5. The van der Waals surface area contributed by atoms with Gasteiger partial charge in [-0.3, -0.25) is 9.59 Å². The molecule has 0 saturated carbocycles. The largest absolute Gasteiger partial charge is 0.481 e. The zero-order valence-electron chi connectivity index (χ0n) is 18.5. The Morgan fingerprint density at radius 3 is 2.16 bits per heavy atom. The quantitative estimate of drug-likeness (QED) is 0.521. The number of carboxylic acid groups (broad SMARTS) is 1. The van der Waals surface area contributed by atoms with Gasteiger partial charge in [-0.2, -0.15) is 0 Å². The van der Waals surface area contributed by atoms with E-state index in [0.717, 1.165) is 11.1 Å². The van der Waals surface area contributed by atoms with E-state index < -0.39 is 12.1 Å². The highest BCUT2D eigenvalue weighted by Gasteiger charge is 2.29. The second-order valence-electron chi connectivity index (χ2n) is 8.42. The van der Waals surface area contributed by atoms with Crippen molar-refractivity contribution in [2.45, 2.75) is 45.1 Å². The molecule has 2 unspecified atom stereocenters. The predicted octanol–water partition coefficient (Wildman–Crippen LogP) is 3.92. The SMILES string of the molecule is CC(CCNC(=O)CC(C)NC(=O)OCC1c2ccccc2-c2ccccc21)CC(=O)O. The van der Waals surface area contributed by atoms with Crippen LogP contribution in [0.3, 0.4) is 0 Å². The molecule has 7 nitrogen and oxygen atoms in total. The molecule has 32 heavy (non-hydrogen) atoms. The maximum absolute atomic E-state index is 12.3. The average Bonchev–Trinajstić information content (AvgIpc) is 3.05. The number of nitrogens with one attached hydrogen (secondary N) is 2. The molecule has 0 fully saturated rings. The monoisotopic (exact) mass is 438 g/mol. The first kappa shape index (κ1) is 23.3. The normalized spacial score (nSPS) is 14.1. The molecule has 2 aromatic carbocycles. The topological polar surface area (TPSA) is 105 Å². The second-order valence-corrected chi connectivity index (χ2v) is 8.42. The third kappa shape index (κ3) is 6.09. The van der Waals surface area contributed by atoms with E-state index in [2.05, 4.69) is 34.9 Å². The molecule has 3 N–H and O–H groups in total. The van der Waals surface area contributed by atoms with Crippen LogP contribution in [0, 0.1) is 5.92 Å². The van der Waals surface area contributed by atoms with E-state index >= 15 is 0 Å². The molecule has 1 aliphatic rings. The fraction of sp³-hybridized carbons (Fsp3) is 0.400. The van der Waals surface area contributed by atoms with Crippen molar-refractivity contribution in [3.8, 4) is 11.1 Å². The Balaban J connectivity index is 1.43. The lowest BCUT2D eigenvalue weighted by atomic mass is 9.98. The summed E-state index contributed by atoms with van der Waals surface area (Å²) in [6.07, 6.45) is 0.238. The molecule has 7 heteroatoms. The number of amides is 2. The molecule has 1 aliphatic carbocycles. The first-order chi connectivity index (χ1) is 15.3. The number of carbonyl (C=O) groups is 3. The smallest absolute Gasteiger partial charge is 0.407 e. The van der Waals surface area contributed by atoms with Gasteiger partial charge in [-0.05, 0) is 41.5 Å². The Hall–Kier alpha value is -3.35. The van der Waals surface area contributed by atoms with Gasteiger partial charge in [0.2, 0.25) is 5.91 Å². The number of carboxylic acids is 1. The van der Waals surface area contributed by atoms with E-state index in [1.54, 1.807) is 6.92 Å². The van der Waals surface area contributed by atoms with Crippen LogP contribution in [-0.2, 0) is 14.3 Å². The fourth-order valence-corrected chi connectivity index (χ4v) is 4.10. The second kappa shape index (κ2) is 10.8. The van der Waals surface area contributed by atoms with Crippen molar-refractivity contribution in [2.24, 2.45) is 5.92 Å². The van der Waals surface area contributed by atoms with E-state index in [4.69, 9.17) is 9.84 Å². The maximum atomic E-state index is 12.3. The lowest BCUT2D eigenvalue weighted by Crippen LogP contribution is -2.38. The van der Waals surface area contributed by atoms with Crippen LogP contribution in [0.4, 0.5) is 4.79 Å². The molecule has 2 atom stereocenters. The lowest BCUT2D eigenvalue weighted by molar-refractivity contribution is -0.138. The van der Waals surface area contributed by atoms with Crippen LogP contribution in [0.25, 0.3) is 11.1 Å². The molecule has 0 spiro atoms. The zero-order chi connectivity index (χ0) is 23.1. The molecule has 0 aromatic heterocycles. The molecule has 0 heterocycles. The van der Waals surface area contributed by atoms with E-state index in [1.807, 2.05) is 31.2 Å². The molecule has 3 rings (SSSR count). The summed E-state index contributed by atoms with van der Waals surface area (Å²) in [6.45, 7) is 4.21. The number of hydrogen-bond donors (Lipinski definition) is 3. The van der Waals surface area contributed by atoms with E-state index in [-0.39, 0.29) is 43.2 Å². The minimum absolute atomic E-state index is 0.0100. The maximum Gasteiger partial charge on any atom is 0.407 e. The first-order valence-corrected chi connectivity index (χ1v) is 10.9.